The maximum absolute atomic E-state index is 13.5. The quantitative estimate of drug-likeness (QED) is 0.394. The summed E-state index contributed by atoms with van der Waals surface area (Å²) >= 11 is 0.655. The van der Waals surface area contributed by atoms with Crippen molar-refractivity contribution in [3.8, 4) is 0 Å². The number of rotatable bonds is 13. The predicted octanol–water partition coefficient (Wildman–Crippen LogP) is 4.29. The minimum absolute atomic E-state index is 0.0244. The van der Waals surface area contributed by atoms with Gasteiger partial charge in [0, 0.05) is 46.8 Å². The molecule has 196 valence electrons. The van der Waals surface area contributed by atoms with Crippen LogP contribution in [0.3, 0.4) is 0 Å². The van der Waals surface area contributed by atoms with E-state index in [-0.39, 0.29) is 24.4 Å². The molecule has 1 heterocycles. The van der Waals surface area contributed by atoms with Crippen LogP contribution in [-0.2, 0) is 34.7 Å². The Morgan fingerprint density at radius 3 is 2.23 bits per heavy atom. The maximum atomic E-state index is 13.5. The molecule has 0 saturated heterocycles. The van der Waals surface area contributed by atoms with Crippen LogP contribution in [0.4, 0.5) is 26.3 Å². The van der Waals surface area contributed by atoms with Gasteiger partial charge in [-0.25, -0.2) is 4.98 Å². The maximum Gasteiger partial charge on any atom is 0.435 e. The van der Waals surface area contributed by atoms with E-state index in [1.54, 1.807) is 14.2 Å². The molecule has 0 unspecified atom stereocenters. The molecule has 0 bridgehead atoms. The van der Waals surface area contributed by atoms with Crippen LogP contribution in [0.2, 0.25) is 0 Å². The number of nitrogens with zero attached hydrogens (tertiary/aromatic N) is 2. The lowest BCUT2D eigenvalue weighted by molar-refractivity contribution is -0.141. The van der Waals surface area contributed by atoms with Crippen LogP contribution in [-0.4, -0.2) is 69.4 Å². The number of aromatic nitrogens is 1. The van der Waals surface area contributed by atoms with Crippen LogP contribution < -0.4 is 5.32 Å². The van der Waals surface area contributed by atoms with E-state index in [9.17, 15) is 31.1 Å². The Morgan fingerprint density at radius 2 is 1.66 bits per heavy atom. The average Bonchev–Trinajstić information content (AvgIpc) is 3.23. The van der Waals surface area contributed by atoms with Gasteiger partial charge in [0.25, 0.3) is 5.91 Å². The lowest BCUT2D eigenvalue weighted by Crippen LogP contribution is -2.32. The molecule has 0 radical (unpaired) electrons. The number of hydrogen-bond donors (Lipinski definition) is 1. The van der Waals surface area contributed by atoms with Crippen LogP contribution in [0.25, 0.3) is 0 Å². The first kappa shape index (κ1) is 29.0. The summed E-state index contributed by atoms with van der Waals surface area (Å²) in [5, 5.41) is 2.51. The Morgan fingerprint density at radius 1 is 1.00 bits per heavy atom. The summed E-state index contributed by atoms with van der Waals surface area (Å²) in [4.78, 5) is 17.5. The van der Waals surface area contributed by atoms with Crippen molar-refractivity contribution in [1.29, 1.82) is 0 Å². The highest BCUT2D eigenvalue weighted by Gasteiger charge is 2.39. The molecule has 0 aliphatic heterocycles. The van der Waals surface area contributed by atoms with Gasteiger partial charge in [-0.3, -0.25) is 9.69 Å². The van der Waals surface area contributed by atoms with Crippen molar-refractivity contribution < 1.29 is 40.6 Å². The fraction of sp³-hybridized carbons (Fsp3) is 0.545. The summed E-state index contributed by atoms with van der Waals surface area (Å²) in [6, 6.07) is 4.55. The standard InChI is InChI=1S/C22H27F6N3O3S/c1-33-12-10-31(11-13-34-2)9-7-17-30-19(22(26,27)28)18(35-17)20(32)29-8-6-15-4-3-5-16(14-15)21(23,24)25/h3-5,14H,6-13H2,1-2H3,(H,29,32). The van der Waals surface area contributed by atoms with Crippen LogP contribution in [0.1, 0.15) is 31.5 Å². The van der Waals surface area contributed by atoms with Gasteiger partial charge in [-0.2, -0.15) is 26.3 Å². The summed E-state index contributed by atoms with van der Waals surface area (Å²) in [5.74, 6) is -0.969. The van der Waals surface area contributed by atoms with E-state index in [0.717, 1.165) is 12.1 Å². The predicted molar refractivity (Wildman–Crippen MR) is 118 cm³/mol. The minimum atomic E-state index is -4.83. The van der Waals surface area contributed by atoms with E-state index in [0.29, 0.717) is 49.7 Å². The summed E-state index contributed by atoms with van der Waals surface area (Å²) in [5.41, 5.74) is -1.81. The molecule has 1 amide bonds. The Labute approximate surface area is 203 Å². The van der Waals surface area contributed by atoms with Crippen molar-refractivity contribution >= 4 is 17.2 Å². The van der Waals surface area contributed by atoms with Gasteiger partial charge >= 0.3 is 12.4 Å². The average molecular weight is 528 g/mol. The number of ether oxygens (including phenoxy) is 2. The molecule has 2 rings (SSSR count). The minimum Gasteiger partial charge on any atom is -0.383 e. The third-order valence-corrected chi connectivity index (χ3v) is 6.08. The number of carbonyl (C=O) groups excluding carboxylic acids is 1. The highest BCUT2D eigenvalue weighted by Crippen LogP contribution is 2.34. The summed E-state index contributed by atoms with van der Waals surface area (Å²) < 4.78 is 89.1. The smallest absolute Gasteiger partial charge is 0.383 e. The number of carbonyl (C=O) groups is 1. The zero-order valence-corrected chi connectivity index (χ0v) is 20.1. The van der Waals surface area contributed by atoms with Crippen molar-refractivity contribution in [3.63, 3.8) is 0 Å². The van der Waals surface area contributed by atoms with Gasteiger partial charge < -0.3 is 14.8 Å². The molecule has 1 N–H and O–H groups in total. The van der Waals surface area contributed by atoms with Gasteiger partial charge in [-0.1, -0.05) is 18.2 Å². The number of hydrogen-bond acceptors (Lipinski definition) is 6. The molecule has 1 aromatic carbocycles. The monoisotopic (exact) mass is 527 g/mol. The molecule has 6 nitrogen and oxygen atoms in total. The molecular weight excluding hydrogens is 500 g/mol. The zero-order valence-electron chi connectivity index (χ0n) is 19.3. The first-order valence-electron chi connectivity index (χ1n) is 10.7. The fourth-order valence-electron chi connectivity index (χ4n) is 3.15. The van der Waals surface area contributed by atoms with Crippen LogP contribution in [0.15, 0.2) is 24.3 Å². The second kappa shape index (κ2) is 13.2. The molecular formula is C22H27F6N3O3S. The van der Waals surface area contributed by atoms with E-state index in [2.05, 4.69) is 10.3 Å². The van der Waals surface area contributed by atoms with Crippen molar-refractivity contribution in [1.82, 2.24) is 15.2 Å². The van der Waals surface area contributed by atoms with Gasteiger partial charge in [-0.15, -0.1) is 11.3 Å². The molecule has 0 atom stereocenters. The van der Waals surface area contributed by atoms with Gasteiger partial charge in [0.05, 0.1) is 23.8 Å². The first-order chi connectivity index (χ1) is 16.5. The summed E-state index contributed by atoms with van der Waals surface area (Å²) in [7, 11) is 3.09. The lowest BCUT2D eigenvalue weighted by Gasteiger charge is -2.20. The molecule has 0 saturated carbocycles. The molecule has 0 spiro atoms. The molecule has 1 aromatic heterocycles. The molecule has 0 fully saturated rings. The lowest BCUT2D eigenvalue weighted by atomic mass is 10.1. The second-order valence-electron chi connectivity index (χ2n) is 7.56. The normalized spacial score (nSPS) is 12.4. The number of thiazole rings is 1. The van der Waals surface area contributed by atoms with Gasteiger partial charge in [0.2, 0.25) is 0 Å². The first-order valence-corrected chi connectivity index (χ1v) is 11.5. The third kappa shape index (κ3) is 9.39. The number of alkyl halides is 6. The Kier molecular flexibility index (Phi) is 10.9. The van der Waals surface area contributed by atoms with Crippen molar-refractivity contribution in [2.45, 2.75) is 25.2 Å². The number of halogens is 6. The largest absolute Gasteiger partial charge is 0.435 e. The Balaban J connectivity index is 2.05. The molecule has 2 aromatic rings. The van der Waals surface area contributed by atoms with E-state index < -0.39 is 34.4 Å². The van der Waals surface area contributed by atoms with Gasteiger partial charge in [0.15, 0.2) is 5.69 Å². The van der Waals surface area contributed by atoms with Crippen LogP contribution in [0, 0.1) is 0 Å². The number of methoxy groups -OCH3 is 2. The number of nitrogens with one attached hydrogen (secondary N) is 1. The summed E-state index contributed by atoms with van der Waals surface area (Å²) in [6.07, 6.45) is -9.12. The number of benzene rings is 1. The molecule has 0 aliphatic rings. The second-order valence-corrected chi connectivity index (χ2v) is 8.65. The van der Waals surface area contributed by atoms with E-state index in [1.807, 2.05) is 4.90 Å². The fourth-order valence-corrected chi connectivity index (χ4v) is 4.14. The molecule has 35 heavy (non-hydrogen) atoms. The van der Waals surface area contributed by atoms with Gasteiger partial charge in [0.1, 0.15) is 4.88 Å². The van der Waals surface area contributed by atoms with Crippen molar-refractivity contribution in [2.75, 3.05) is 53.6 Å². The Hall–Kier alpha value is -2.22. The SMILES string of the molecule is COCCN(CCOC)CCc1nc(C(F)(F)F)c(C(=O)NCCc2cccc(C(F)(F)F)c2)s1. The topological polar surface area (TPSA) is 63.7 Å². The van der Waals surface area contributed by atoms with Crippen molar-refractivity contribution in [3.05, 3.63) is 51.0 Å². The third-order valence-electron chi connectivity index (χ3n) is 4.96. The zero-order chi connectivity index (χ0) is 26.1. The highest BCUT2D eigenvalue weighted by atomic mass is 32.1. The molecule has 0 aliphatic carbocycles. The van der Waals surface area contributed by atoms with Crippen LogP contribution >= 0.6 is 11.3 Å². The highest BCUT2D eigenvalue weighted by molar-refractivity contribution is 7.13. The van der Waals surface area contributed by atoms with E-state index in [4.69, 9.17) is 9.47 Å². The Bertz CT molecular complexity index is 941. The number of amides is 1. The van der Waals surface area contributed by atoms with Crippen LogP contribution in [0.5, 0.6) is 0 Å². The van der Waals surface area contributed by atoms with E-state index in [1.165, 1.54) is 12.1 Å². The van der Waals surface area contributed by atoms with Gasteiger partial charge in [-0.05, 0) is 18.1 Å². The molecule has 13 heteroatoms. The summed E-state index contributed by atoms with van der Waals surface area (Å²) in [6.45, 7) is 2.25. The van der Waals surface area contributed by atoms with Crippen molar-refractivity contribution in [2.24, 2.45) is 0 Å². The van der Waals surface area contributed by atoms with E-state index >= 15 is 0 Å².